The lowest BCUT2D eigenvalue weighted by Gasteiger charge is -2.24. The number of aromatic nitrogens is 2. The van der Waals surface area contributed by atoms with Crippen LogP contribution < -0.4 is 5.56 Å². The summed E-state index contributed by atoms with van der Waals surface area (Å²) in [5.74, 6) is 0. The highest BCUT2D eigenvalue weighted by Crippen LogP contribution is 2.29. The van der Waals surface area contributed by atoms with Gasteiger partial charge in [0.05, 0.1) is 10.9 Å². The smallest absolute Gasteiger partial charge is 0.258 e. The normalized spacial score (nSPS) is 16.0. The van der Waals surface area contributed by atoms with Crippen molar-refractivity contribution in [3.63, 3.8) is 0 Å². The molecule has 2 aromatic heterocycles. The summed E-state index contributed by atoms with van der Waals surface area (Å²) in [6.45, 7) is 0. The maximum absolute atomic E-state index is 13.0. The molecule has 1 aliphatic carbocycles. The van der Waals surface area contributed by atoms with Crippen molar-refractivity contribution in [1.82, 2.24) is 9.55 Å². The Balaban J connectivity index is 2.01. The number of fused-ring (bicyclic) bond motifs is 3. The van der Waals surface area contributed by atoms with Gasteiger partial charge >= 0.3 is 0 Å². The van der Waals surface area contributed by atoms with Gasteiger partial charge in [0.25, 0.3) is 5.56 Å². The van der Waals surface area contributed by atoms with Crippen LogP contribution in [0, 0.1) is 0 Å². The molecule has 116 valence electrons. The van der Waals surface area contributed by atoms with E-state index in [0.29, 0.717) is 10.9 Å². The van der Waals surface area contributed by atoms with Gasteiger partial charge in [0.2, 0.25) is 0 Å². The first-order valence-corrected chi connectivity index (χ1v) is 8.17. The lowest BCUT2D eigenvalue weighted by Crippen LogP contribution is -2.26. The lowest BCUT2D eigenvalue weighted by molar-refractivity contribution is 0.112. The number of hydrogen-bond acceptors (Lipinski definition) is 3. The van der Waals surface area contributed by atoms with Crippen LogP contribution >= 0.6 is 0 Å². The van der Waals surface area contributed by atoms with E-state index < -0.39 is 0 Å². The van der Waals surface area contributed by atoms with Crippen molar-refractivity contribution >= 4 is 28.0 Å². The summed E-state index contributed by atoms with van der Waals surface area (Å²) in [5.41, 5.74) is 1.24. The number of pyridine rings is 2. The summed E-state index contributed by atoms with van der Waals surface area (Å²) >= 11 is 0. The predicted molar refractivity (Wildman–Crippen MR) is 91.0 cm³/mol. The molecule has 3 aromatic rings. The minimum Gasteiger partial charge on any atom is -0.312 e. The minimum atomic E-state index is -0.00921. The van der Waals surface area contributed by atoms with E-state index in [-0.39, 0.29) is 11.6 Å². The van der Waals surface area contributed by atoms with Crippen LogP contribution in [0.3, 0.4) is 0 Å². The molecule has 1 aromatic carbocycles. The highest BCUT2D eigenvalue weighted by Gasteiger charge is 2.18. The number of aldehydes is 1. The third-order valence-corrected chi connectivity index (χ3v) is 4.93. The average Bonchev–Trinajstić information content (AvgIpc) is 2.62. The van der Waals surface area contributed by atoms with E-state index in [2.05, 4.69) is 4.98 Å². The van der Waals surface area contributed by atoms with Gasteiger partial charge in [0.1, 0.15) is 0 Å². The second-order valence-electron chi connectivity index (χ2n) is 6.26. The first kappa shape index (κ1) is 14.1. The Morgan fingerprint density at radius 1 is 1.09 bits per heavy atom. The molecule has 0 spiro atoms. The average molecular weight is 306 g/mol. The van der Waals surface area contributed by atoms with Crippen molar-refractivity contribution in [2.24, 2.45) is 0 Å². The van der Waals surface area contributed by atoms with Gasteiger partial charge in [-0.1, -0.05) is 25.3 Å². The highest BCUT2D eigenvalue weighted by atomic mass is 16.1. The Hall–Kier alpha value is -2.49. The molecule has 0 N–H and O–H groups in total. The molecule has 23 heavy (non-hydrogen) atoms. The van der Waals surface area contributed by atoms with Gasteiger partial charge in [-0.3, -0.25) is 14.6 Å². The molecular weight excluding hydrogens is 288 g/mol. The van der Waals surface area contributed by atoms with E-state index in [1.807, 2.05) is 29.0 Å². The third-order valence-electron chi connectivity index (χ3n) is 4.93. The summed E-state index contributed by atoms with van der Waals surface area (Å²) < 4.78 is 1.85. The number of carbonyl (C=O) groups excluding carboxylic acids is 1. The Bertz CT molecular complexity index is 953. The van der Waals surface area contributed by atoms with Gasteiger partial charge in [0, 0.05) is 34.8 Å². The van der Waals surface area contributed by atoms with Crippen molar-refractivity contribution in [2.75, 3.05) is 0 Å². The van der Waals surface area contributed by atoms with Crippen molar-refractivity contribution in [2.45, 2.75) is 38.1 Å². The van der Waals surface area contributed by atoms with Crippen LogP contribution in [0.15, 0.2) is 41.5 Å². The molecule has 1 saturated carbocycles. The van der Waals surface area contributed by atoms with E-state index in [9.17, 15) is 9.59 Å². The Morgan fingerprint density at radius 2 is 1.91 bits per heavy atom. The number of rotatable bonds is 2. The van der Waals surface area contributed by atoms with Crippen LogP contribution in [0.2, 0.25) is 0 Å². The van der Waals surface area contributed by atoms with Crippen molar-refractivity contribution in [3.8, 4) is 0 Å². The topological polar surface area (TPSA) is 52.0 Å². The molecule has 4 nitrogen and oxygen atoms in total. The summed E-state index contributed by atoms with van der Waals surface area (Å²) in [5, 5.41) is 2.21. The lowest BCUT2D eigenvalue weighted by atomic mass is 9.95. The molecule has 0 bridgehead atoms. The van der Waals surface area contributed by atoms with Gasteiger partial charge < -0.3 is 4.57 Å². The Morgan fingerprint density at radius 3 is 2.70 bits per heavy atom. The molecule has 4 rings (SSSR count). The summed E-state index contributed by atoms with van der Waals surface area (Å²) in [6, 6.07) is 7.64. The van der Waals surface area contributed by atoms with Gasteiger partial charge in [-0.25, -0.2) is 0 Å². The zero-order chi connectivity index (χ0) is 15.8. The van der Waals surface area contributed by atoms with Crippen molar-refractivity contribution < 1.29 is 4.79 Å². The van der Waals surface area contributed by atoms with E-state index in [0.717, 1.165) is 35.4 Å². The van der Waals surface area contributed by atoms with E-state index in [1.165, 1.54) is 19.3 Å². The molecule has 2 heterocycles. The molecule has 0 amide bonds. The second-order valence-corrected chi connectivity index (χ2v) is 6.26. The number of carbonyl (C=O) groups is 1. The van der Waals surface area contributed by atoms with Gasteiger partial charge in [-0.05, 0) is 31.0 Å². The highest BCUT2D eigenvalue weighted by molar-refractivity contribution is 6.11. The summed E-state index contributed by atoms with van der Waals surface area (Å²) in [4.78, 5) is 28.8. The molecule has 0 radical (unpaired) electrons. The maximum Gasteiger partial charge on any atom is 0.258 e. The summed E-state index contributed by atoms with van der Waals surface area (Å²) in [7, 11) is 0. The number of nitrogens with zero attached hydrogens (tertiary/aromatic N) is 2. The van der Waals surface area contributed by atoms with E-state index in [4.69, 9.17) is 0 Å². The number of hydrogen-bond donors (Lipinski definition) is 0. The van der Waals surface area contributed by atoms with Crippen molar-refractivity contribution in [3.05, 3.63) is 52.6 Å². The minimum absolute atomic E-state index is 0.00921. The van der Waals surface area contributed by atoms with Gasteiger partial charge in [-0.2, -0.15) is 0 Å². The predicted octanol–water partition coefficient (Wildman–Crippen LogP) is 3.87. The quantitative estimate of drug-likeness (QED) is 0.533. The molecule has 0 saturated heterocycles. The van der Waals surface area contributed by atoms with Crippen LogP contribution in [0.25, 0.3) is 21.7 Å². The van der Waals surface area contributed by atoms with Crippen molar-refractivity contribution in [1.29, 1.82) is 0 Å². The SMILES string of the molecule is O=Cc1cc2c(=O)n(C3CCCCC3)ccc2c2ncccc12. The fourth-order valence-corrected chi connectivity index (χ4v) is 3.74. The van der Waals surface area contributed by atoms with Gasteiger partial charge in [-0.15, -0.1) is 0 Å². The molecule has 1 aliphatic rings. The second kappa shape index (κ2) is 5.61. The maximum atomic E-state index is 13.0. The fourth-order valence-electron chi connectivity index (χ4n) is 3.74. The Kier molecular flexibility index (Phi) is 3.45. The first-order valence-electron chi connectivity index (χ1n) is 8.17. The summed E-state index contributed by atoms with van der Waals surface area (Å²) in [6.07, 6.45) is 10.1. The Labute approximate surface area is 133 Å². The zero-order valence-electron chi connectivity index (χ0n) is 12.9. The fraction of sp³-hybridized carbons (Fsp3) is 0.316. The molecule has 0 aliphatic heterocycles. The van der Waals surface area contributed by atoms with E-state index >= 15 is 0 Å². The van der Waals surface area contributed by atoms with Crippen LogP contribution in [0.1, 0.15) is 48.5 Å². The van der Waals surface area contributed by atoms with Crippen LogP contribution in [0.5, 0.6) is 0 Å². The molecule has 0 atom stereocenters. The number of benzene rings is 1. The zero-order valence-corrected chi connectivity index (χ0v) is 12.9. The molecule has 1 fully saturated rings. The van der Waals surface area contributed by atoms with Crippen LogP contribution in [-0.4, -0.2) is 15.8 Å². The third kappa shape index (κ3) is 2.25. The van der Waals surface area contributed by atoms with Gasteiger partial charge in [0.15, 0.2) is 6.29 Å². The molecule has 0 unspecified atom stereocenters. The van der Waals surface area contributed by atoms with Crippen LogP contribution in [-0.2, 0) is 0 Å². The van der Waals surface area contributed by atoms with Crippen LogP contribution in [0.4, 0.5) is 0 Å². The molecular formula is C19H18N2O2. The first-order chi connectivity index (χ1) is 11.3. The monoisotopic (exact) mass is 306 g/mol. The molecule has 4 heteroatoms. The largest absolute Gasteiger partial charge is 0.312 e. The standard InChI is InChI=1S/C19H18N2O2/c22-12-13-11-17-16(18-15(13)7-4-9-20-18)8-10-21(19(17)23)14-5-2-1-3-6-14/h4,7-12,14H,1-3,5-6H2. The van der Waals surface area contributed by atoms with E-state index in [1.54, 1.807) is 12.3 Å².